The van der Waals surface area contributed by atoms with Crippen LogP contribution in [0.4, 0.5) is 10.5 Å². The molecule has 2 spiro atoms. The second-order valence-electron chi connectivity index (χ2n) is 9.52. The van der Waals surface area contributed by atoms with E-state index in [1.165, 1.54) is 5.56 Å². The Morgan fingerprint density at radius 3 is 2.73 bits per heavy atom. The Kier molecular flexibility index (Phi) is 5.70. The van der Waals surface area contributed by atoms with E-state index in [1.54, 1.807) is 13.3 Å². The van der Waals surface area contributed by atoms with E-state index in [0.717, 1.165) is 51.1 Å². The number of aromatic nitrogens is 1. The van der Waals surface area contributed by atoms with Crippen LogP contribution in [0.15, 0.2) is 48.8 Å². The van der Waals surface area contributed by atoms with E-state index in [9.17, 15) is 9.59 Å². The van der Waals surface area contributed by atoms with Crippen molar-refractivity contribution >= 4 is 17.6 Å². The number of carbonyl (C=O) groups is 2. The number of hydrogen-bond donors (Lipinski definition) is 2. The quantitative estimate of drug-likeness (QED) is 0.750. The van der Waals surface area contributed by atoms with E-state index in [4.69, 9.17) is 4.74 Å². The van der Waals surface area contributed by atoms with Gasteiger partial charge in [0.05, 0.1) is 12.5 Å². The molecule has 2 N–H and O–H groups in total. The molecule has 4 heterocycles. The molecule has 1 aromatic heterocycles. The van der Waals surface area contributed by atoms with Gasteiger partial charge in [0.2, 0.25) is 5.91 Å². The summed E-state index contributed by atoms with van der Waals surface area (Å²) in [7, 11) is 1.61. The molecule has 3 aliphatic heterocycles. The fourth-order valence-corrected chi connectivity index (χ4v) is 6.05. The second kappa shape index (κ2) is 8.67. The Hall–Kier alpha value is -3.13. The predicted octanol–water partition coefficient (Wildman–Crippen LogP) is 2.73. The number of ether oxygens (including phenoxy) is 1. The number of nitrogens with zero attached hydrogens (tertiary/aromatic N) is 3. The topological polar surface area (TPSA) is 86.8 Å². The number of anilines is 1. The molecule has 0 saturated carbocycles. The van der Waals surface area contributed by atoms with Crippen LogP contribution in [-0.2, 0) is 11.3 Å². The van der Waals surface area contributed by atoms with Crippen molar-refractivity contribution in [2.24, 2.45) is 10.8 Å². The van der Waals surface area contributed by atoms with Crippen LogP contribution in [0.1, 0.15) is 24.8 Å². The molecule has 8 nitrogen and oxygen atoms in total. The molecule has 0 radical (unpaired) electrons. The lowest BCUT2D eigenvalue weighted by molar-refractivity contribution is -0.133. The summed E-state index contributed by atoms with van der Waals surface area (Å²) in [6, 6.07) is 11.3. The fourth-order valence-electron chi connectivity index (χ4n) is 6.05. The Morgan fingerprint density at radius 2 is 2.03 bits per heavy atom. The number of amides is 3. The maximum Gasteiger partial charge on any atom is 0.321 e. The number of hydrogen-bond acceptors (Lipinski definition) is 5. The normalized spacial score (nSPS) is 24.3. The Bertz CT molecular complexity index is 1020. The first-order valence-corrected chi connectivity index (χ1v) is 11.6. The molecule has 3 fully saturated rings. The van der Waals surface area contributed by atoms with Gasteiger partial charge in [-0.1, -0.05) is 12.1 Å². The van der Waals surface area contributed by atoms with E-state index in [-0.39, 0.29) is 22.8 Å². The van der Waals surface area contributed by atoms with E-state index < -0.39 is 0 Å². The molecule has 0 aliphatic carbocycles. The van der Waals surface area contributed by atoms with Crippen LogP contribution < -0.4 is 15.4 Å². The zero-order valence-corrected chi connectivity index (χ0v) is 19.0. The second-order valence-corrected chi connectivity index (χ2v) is 9.52. The highest BCUT2D eigenvalue weighted by Gasteiger charge is 2.63. The third-order valence-electron chi connectivity index (χ3n) is 7.76. The van der Waals surface area contributed by atoms with Gasteiger partial charge in [-0.05, 0) is 43.0 Å². The monoisotopic (exact) mass is 449 g/mol. The standard InChI is InChI=1S/C25H31N5O3/c1-33-21-6-2-5-20(14-21)28-23(32)30-12-8-24(9-13-30)17-29(16-19-4-3-10-26-15-19)18-25(24)7-11-27-22(25)31/h2-6,10,14-15H,7-9,11-13,16-18H2,1H3,(H,27,31)(H,28,32). The van der Waals surface area contributed by atoms with Gasteiger partial charge in [0, 0.05) is 68.8 Å². The molecule has 1 atom stereocenters. The first-order chi connectivity index (χ1) is 16.0. The number of pyridine rings is 1. The third kappa shape index (κ3) is 3.93. The number of urea groups is 1. The Morgan fingerprint density at radius 1 is 1.18 bits per heavy atom. The minimum atomic E-state index is -0.370. The van der Waals surface area contributed by atoms with Crippen molar-refractivity contribution in [2.45, 2.75) is 25.8 Å². The van der Waals surface area contributed by atoms with Gasteiger partial charge in [0.1, 0.15) is 5.75 Å². The summed E-state index contributed by atoms with van der Waals surface area (Å²) < 4.78 is 5.25. The number of rotatable bonds is 4. The predicted molar refractivity (Wildman–Crippen MR) is 125 cm³/mol. The average Bonchev–Trinajstić information content (AvgIpc) is 3.35. The highest BCUT2D eigenvalue weighted by atomic mass is 16.5. The Balaban J connectivity index is 1.29. The van der Waals surface area contributed by atoms with Crippen LogP contribution in [0.2, 0.25) is 0 Å². The first kappa shape index (κ1) is 21.7. The lowest BCUT2D eigenvalue weighted by Crippen LogP contribution is -2.53. The van der Waals surface area contributed by atoms with Crippen LogP contribution in [0, 0.1) is 10.8 Å². The van der Waals surface area contributed by atoms with Gasteiger partial charge in [-0.3, -0.25) is 14.7 Å². The first-order valence-electron chi connectivity index (χ1n) is 11.6. The number of benzene rings is 1. The zero-order chi connectivity index (χ0) is 22.9. The summed E-state index contributed by atoms with van der Waals surface area (Å²) in [5.74, 6) is 0.893. The van der Waals surface area contributed by atoms with Crippen molar-refractivity contribution in [1.29, 1.82) is 0 Å². The van der Waals surface area contributed by atoms with Crippen molar-refractivity contribution in [2.75, 3.05) is 45.2 Å². The van der Waals surface area contributed by atoms with E-state index in [0.29, 0.717) is 18.8 Å². The number of piperidine rings is 1. The minimum Gasteiger partial charge on any atom is -0.497 e. The maximum atomic E-state index is 13.1. The lowest BCUT2D eigenvalue weighted by Gasteiger charge is -2.46. The third-order valence-corrected chi connectivity index (χ3v) is 7.76. The zero-order valence-electron chi connectivity index (χ0n) is 19.0. The highest BCUT2D eigenvalue weighted by Crippen LogP contribution is 2.56. The van der Waals surface area contributed by atoms with Crippen molar-refractivity contribution in [3.05, 3.63) is 54.4 Å². The summed E-state index contributed by atoms with van der Waals surface area (Å²) in [5.41, 5.74) is 1.40. The fraction of sp³-hybridized carbons (Fsp3) is 0.480. The molecule has 33 heavy (non-hydrogen) atoms. The van der Waals surface area contributed by atoms with Crippen molar-refractivity contribution < 1.29 is 14.3 Å². The smallest absolute Gasteiger partial charge is 0.321 e. The molecule has 3 amide bonds. The molecule has 174 valence electrons. The number of fused-ring (bicyclic) bond motifs is 1. The van der Waals surface area contributed by atoms with Crippen molar-refractivity contribution in [1.82, 2.24) is 20.1 Å². The largest absolute Gasteiger partial charge is 0.497 e. The van der Waals surface area contributed by atoms with Crippen LogP contribution in [0.25, 0.3) is 0 Å². The molecule has 0 bridgehead atoms. The minimum absolute atomic E-state index is 0.103. The maximum absolute atomic E-state index is 13.1. The molecular formula is C25H31N5O3. The van der Waals surface area contributed by atoms with Gasteiger partial charge in [0.15, 0.2) is 0 Å². The number of methoxy groups -OCH3 is 1. The highest BCUT2D eigenvalue weighted by molar-refractivity contribution is 5.90. The van der Waals surface area contributed by atoms with Gasteiger partial charge < -0.3 is 20.3 Å². The summed E-state index contributed by atoms with van der Waals surface area (Å²) in [4.78, 5) is 34.6. The van der Waals surface area contributed by atoms with E-state index in [2.05, 4.69) is 26.6 Å². The molecule has 1 aromatic carbocycles. The molecule has 3 aliphatic rings. The van der Waals surface area contributed by atoms with Crippen LogP contribution in [0.3, 0.4) is 0 Å². The number of nitrogens with one attached hydrogen (secondary N) is 2. The van der Waals surface area contributed by atoms with Gasteiger partial charge in [-0.2, -0.15) is 0 Å². The lowest BCUT2D eigenvalue weighted by atomic mass is 9.60. The van der Waals surface area contributed by atoms with Gasteiger partial charge in [-0.15, -0.1) is 0 Å². The molecule has 5 rings (SSSR count). The summed E-state index contributed by atoms with van der Waals surface area (Å²) >= 11 is 0. The molecule has 8 heteroatoms. The number of carbonyl (C=O) groups excluding carboxylic acids is 2. The van der Waals surface area contributed by atoms with Gasteiger partial charge >= 0.3 is 6.03 Å². The summed E-state index contributed by atoms with van der Waals surface area (Å²) in [6.45, 7) is 4.47. The molecule has 1 unspecified atom stereocenters. The van der Waals surface area contributed by atoms with E-state index >= 15 is 0 Å². The summed E-state index contributed by atoms with van der Waals surface area (Å²) in [5, 5.41) is 6.09. The molecule has 2 aromatic rings. The van der Waals surface area contributed by atoms with Gasteiger partial charge in [0.25, 0.3) is 0 Å². The van der Waals surface area contributed by atoms with Crippen LogP contribution >= 0.6 is 0 Å². The Labute approximate surface area is 194 Å². The molecule has 3 saturated heterocycles. The van der Waals surface area contributed by atoms with Crippen molar-refractivity contribution in [3.63, 3.8) is 0 Å². The van der Waals surface area contributed by atoms with Crippen LogP contribution in [0.5, 0.6) is 5.75 Å². The average molecular weight is 450 g/mol. The number of likely N-dealkylation sites (tertiary alicyclic amines) is 2. The summed E-state index contributed by atoms with van der Waals surface area (Å²) in [6.07, 6.45) is 6.21. The van der Waals surface area contributed by atoms with Gasteiger partial charge in [-0.25, -0.2) is 4.79 Å². The SMILES string of the molecule is COc1cccc(NC(=O)N2CCC3(CC2)CN(Cc2cccnc2)CC32CCNC2=O)c1. The molecular weight excluding hydrogens is 418 g/mol. The van der Waals surface area contributed by atoms with Crippen LogP contribution in [-0.4, -0.2) is 66.6 Å². The van der Waals surface area contributed by atoms with Crippen molar-refractivity contribution in [3.8, 4) is 5.75 Å². The van der Waals surface area contributed by atoms with E-state index in [1.807, 2.05) is 41.4 Å².